The highest BCUT2D eigenvalue weighted by Crippen LogP contribution is 2.36. The maximum Gasteiger partial charge on any atom is 0.358 e. The molecule has 23 heavy (non-hydrogen) atoms. The first-order valence-electron chi connectivity index (χ1n) is 8.17. The number of fused-ring (bicyclic) bond motifs is 1. The van der Waals surface area contributed by atoms with E-state index < -0.39 is 0 Å². The average Bonchev–Trinajstić information content (AvgIpc) is 2.86. The first-order chi connectivity index (χ1) is 11.2. The van der Waals surface area contributed by atoms with Gasteiger partial charge >= 0.3 is 5.97 Å². The molecule has 1 aromatic carbocycles. The second-order valence-electron chi connectivity index (χ2n) is 5.28. The maximum absolute atomic E-state index is 12.5. The first kappa shape index (κ1) is 17.2. The van der Waals surface area contributed by atoms with E-state index in [4.69, 9.17) is 14.2 Å². The topological polar surface area (TPSA) is 49.7 Å². The molecule has 0 saturated heterocycles. The average molecular weight is 319 g/mol. The van der Waals surface area contributed by atoms with Gasteiger partial charge in [-0.2, -0.15) is 0 Å². The standard InChI is InChI=1S/C18H25NO4/c1-5-10-19-15-9-8-13(21-4)12-14(15)17(23-11-6-2)16(19)18(20)22-7-3/h8-9,12H,5-7,10-11H2,1-4H3. The smallest absolute Gasteiger partial charge is 0.358 e. The molecule has 0 saturated carbocycles. The molecule has 1 aromatic heterocycles. The van der Waals surface area contributed by atoms with Crippen molar-refractivity contribution in [3.63, 3.8) is 0 Å². The Kier molecular flexibility index (Phi) is 5.90. The van der Waals surface area contributed by atoms with Crippen molar-refractivity contribution in [1.82, 2.24) is 4.57 Å². The predicted octanol–water partition coefficient (Wildman–Crippen LogP) is 4.03. The van der Waals surface area contributed by atoms with Gasteiger partial charge in [-0.05, 0) is 38.0 Å². The van der Waals surface area contributed by atoms with Gasteiger partial charge in [0.25, 0.3) is 0 Å². The van der Waals surface area contributed by atoms with Crippen LogP contribution in [0.4, 0.5) is 0 Å². The third-order valence-electron chi connectivity index (χ3n) is 3.59. The fraction of sp³-hybridized carbons (Fsp3) is 0.500. The fourth-order valence-electron chi connectivity index (χ4n) is 2.64. The van der Waals surface area contributed by atoms with Crippen LogP contribution in [0.3, 0.4) is 0 Å². The molecular formula is C18H25NO4. The van der Waals surface area contributed by atoms with Crippen LogP contribution in [0.25, 0.3) is 10.9 Å². The molecule has 0 bridgehead atoms. The lowest BCUT2D eigenvalue weighted by Crippen LogP contribution is -2.14. The van der Waals surface area contributed by atoms with E-state index in [-0.39, 0.29) is 5.97 Å². The highest BCUT2D eigenvalue weighted by molar-refractivity contribution is 6.02. The molecule has 2 aromatic rings. The van der Waals surface area contributed by atoms with Crippen LogP contribution in [0.5, 0.6) is 11.5 Å². The molecule has 0 N–H and O–H groups in total. The SMILES string of the molecule is CCCOc1c(C(=O)OCC)n(CCC)c2ccc(OC)cc12. The minimum atomic E-state index is -0.345. The summed E-state index contributed by atoms with van der Waals surface area (Å²) >= 11 is 0. The summed E-state index contributed by atoms with van der Waals surface area (Å²) in [5, 5.41) is 0.884. The molecule has 0 aliphatic heterocycles. The number of aryl methyl sites for hydroxylation is 1. The maximum atomic E-state index is 12.5. The number of benzene rings is 1. The number of carbonyl (C=O) groups excluding carboxylic acids is 1. The lowest BCUT2D eigenvalue weighted by atomic mass is 10.2. The molecule has 0 amide bonds. The van der Waals surface area contributed by atoms with Crippen molar-refractivity contribution >= 4 is 16.9 Å². The number of carbonyl (C=O) groups is 1. The fourth-order valence-corrected chi connectivity index (χ4v) is 2.64. The monoisotopic (exact) mass is 319 g/mol. The van der Waals surface area contributed by atoms with E-state index in [0.717, 1.165) is 36.0 Å². The second-order valence-corrected chi connectivity index (χ2v) is 5.28. The summed E-state index contributed by atoms with van der Waals surface area (Å²) in [6.45, 7) is 7.54. The third-order valence-corrected chi connectivity index (χ3v) is 3.59. The van der Waals surface area contributed by atoms with E-state index >= 15 is 0 Å². The van der Waals surface area contributed by atoms with Gasteiger partial charge < -0.3 is 18.8 Å². The summed E-state index contributed by atoms with van der Waals surface area (Å²) in [4.78, 5) is 12.5. The Balaban J connectivity index is 2.69. The molecule has 0 radical (unpaired) electrons. The second kappa shape index (κ2) is 7.90. The van der Waals surface area contributed by atoms with Gasteiger partial charge in [-0.1, -0.05) is 13.8 Å². The number of methoxy groups -OCH3 is 1. The summed E-state index contributed by atoms with van der Waals surface area (Å²) in [5.74, 6) is 0.984. The number of rotatable bonds is 8. The molecule has 0 atom stereocenters. The van der Waals surface area contributed by atoms with Crippen molar-refractivity contribution in [2.75, 3.05) is 20.3 Å². The van der Waals surface area contributed by atoms with E-state index in [1.54, 1.807) is 14.0 Å². The molecule has 5 nitrogen and oxygen atoms in total. The molecule has 1 heterocycles. The summed E-state index contributed by atoms with van der Waals surface area (Å²) in [6, 6.07) is 5.77. The van der Waals surface area contributed by atoms with Gasteiger partial charge in [0, 0.05) is 11.9 Å². The van der Waals surface area contributed by atoms with Crippen LogP contribution in [0.1, 0.15) is 44.1 Å². The van der Waals surface area contributed by atoms with Crippen LogP contribution in [0.2, 0.25) is 0 Å². The molecule has 5 heteroatoms. The highest BCUT2D eigenvalue weighted by atomic mass is 16.5. The quantitative estimate of drug-likeness (QED) is 0.689. The van der Waals surface area contributed by atoms with Crippen LogP contribution in [0.15, 0.2) is 18.2 Å². The Morgan fingerprint density at radius 3 is 2.57 bits per heavy atom. The summed E-state index contributed by atoms with van der Waals surface area (Å²) in [6.07, 6.45) is 1.78. The Hall–Kier alpha value is -2.17. The summed E-state index contributed by atoms with van der Waals surface area (Å²) in [5.41, 5.74) is 1.45. The van der Waals surface area contributed by atoms with E-state index in [9.17, 15) is 4.79 Å². The minimum Gasteiger partial charge on any atom is -0.497 e. The summed E-state index contributed by atoms with van der Waals surface area (Å²) in [7, 11) is 1.63. The lowest BCUT2D eigenvalue weighted by molar-refractivity contribution is 0.0509. The van der Waals surface area contributed by atoms with E-state index in [1.165, 1.54) is 0 Å². The Bertz CT molecular complexity index is 675. The molecule has 2 rings (SSSR count). The minimum absolute atomic E-state index is 0.336. The Labute approximate surface area is 137 Å². The zero-order chi connectivity index (χ0) is 16.8. The van der Waals surface area contributed by atoms with Gasteiger partial charge in [0.05, 0.1) is 25.8 Å². The largest absolute Gasteiger partial charge is 0.497 e. The lowest BCUT2D eigenvalue weighted by Gasteiger charge is -2.10. The van der Waals surface area contributed by atoms with E-state index in [0.29, 0.717) is 24.7 Å². The number of hydrogen-bond acceptors (Lipinski definition) is 4. The number of nitrogens with zero attached hydrogens (tertiary/aromatic N) is 1. The molecule has 0 aliphatic carbocycles. The molecule has 0 unspecified atom stereocenters. The van der Waals surface area contributed by atoms with Crippen molar-refractivity contribution in [3.8, 4) is 11.5 Å². The zero-order valence-electron chi connectivity index (χ0n) is 14.3. The number of ether oxygens (including phenoxy) is 3. The van der Waals surface area contributed by atoms with Gasteiger partial charge in [-0.25, -0.2) is 4.79 Å². The van der Waals surface area contributed by atoms with E-state index in [2.05, 4.69) is 6.92 Å². The molecule has 0 aliphatic rings. The Morgan fingerprint density at radius 2 is 1.96 bits per heavy atom. The van der Waals surface area contributed by atoms with Crippen molar-refractivity contribution < 1.29 is 19.0 Å². The highest BCUT2D eigenvalue weighted by Gasteiger charge is 2.25. The number of esters is 1. The predicted molar refractivity (Wildman–Crippen MR) is 90.5 cm³/mol. The van der Waals surface area contributed by atoms with Gasteiger partial charge in [0.15, 0.2) is 11.4 Å². The first-order valence-corrected chi connectivity index (χ1v) is 8.17. The zero-order valence-corrected chi connectivity index (χ0v) is 14.3. The van der Waals surface area contributed by atoms with Crippen molar-refractivity contribution in [2.24, 2.45) is 0 Å². The van der Waals surface area contributed by atoms with Crippen LogP contribution >= 0.6 is 0 Å². The molecule has 126 valence electrons. The van der Waals surface area contributed by atoms with E-state index in [1.807, 2.05) is 29.7 Å². The number of aromatic nitrogens is 1. The van der Waals surface area contributed by atoms with Gasteiger partial charge in [0.1, 0.15) is 5.75 Å². The molecular weight excluding hydrogens is 294 g/mol. The van der Waals surface area contributed by atoms with Crippen LogP contribution < -0.4 is 9.47 Å². The molecule has 0 fully saturated rings. The Morgan fingerprint density at radius 1 is 1.17 bits per heavy atom. The van der Waals surface area contributed by atoms with Crippen LogP contribution in [-0.4, -0.2) is 30.9 Å². The van der Waals surface area contributed by atoms with Crippen LogP contribution in [0, 0.1) is 0 Å². The van der Waals surface area contributed by atoms with Crippen molar-refractivity contribution in [2.45, 2.75) is 40.2 Å². The van der Waals surface area contributed by atoms with Crippen molar-refractivity contribution in [3.05, 3.63) is 23.9 Å². The van der Waals surface area contributed by atoms with Crippen molar-refractivity contribution in [1.29, 1.82) is 0 Å². The molecule has 0 spiro atoms. The van der Waals surface area contributed by atoms with Crippen LogP contribution in [-0.2, 0) is 11.3 Å². The van der Waals surface area contributed by atoms with Gasteiger partial charge in [0.2, 0.25) is 0 Å². The normalized spacial score (nSPS) is 10.8. The van der Waals surface area contributed by atoms with Gasteiger partial charge in [-0.15, -0.1) is 0 Å². The summed E-state index contributed by atoms with van der Waals surface area (Å²) < 4.78 is 18.5. The third kappa shape index (κ3) is 3.44. The van der Waals surface area contributed by atoms with Gasteiger partial charge in [-0.3, -0.25) is 0 Å². The number of hydrogen-bond donors (Lipinski definition) is 0.